The van der Waals surface area contributed by atoms with Gasteiger partial charge in [-0.2, -0.15) is 0 Å². The van der Waals surface area contributed by atoms with Gasteiger partial charge in [-0.3, -0.25) is 9.59 Å². The minimum absolute atomic E-state index is 0.0374. The smallest absolute Gasteiger partial charge is 0.305 e. The Balaban J connectivity index is 1.99. The summed E-state index contributed by atoms with van der Waals surface area (Å²) in [5.41, 5.74) is 0.674. The quantitative estimate of drug-likeness (QED) is 0.678. The third kappa shape index (κ3) is 7.19. The average Bonchev–Trinajstić information content (AvgIpc) is 2.60. The van der Waals surface area contributed by atoms with Crippen LogP contribution in [0.25, 0.3) is 0 Å². The van der Waals surface area contributed by atoms with Crippen LogP contribution in [0.5, 0.6) is 11.5 Å². The number of benzene rings is 2. The highest BCUT2D eigenvalue weighted by Gasteiger charge is 2.18. The predicted molar refractivity (Wildman–Crippen MR) is 102 cm³/mol. The molecule has 0 aliphatic rings. The maximum absolute atomic E-state index is 12.2. The number of aliphatic carboxylic acids is 1. The lowest BCUT2D eigenvalue weighted by Gasteiger charge is -2.18. The van der Waals surface area contributed by atoms with Gasteiger partial charge in [-0.1, -0.05) is 23.7 Å². The van der Waals surface area contributed by atoms with Gasteiger partial charge in [0.25, 0.3) is 5.91 Å². The number of halogens is 1. The standard InChI is InChI=1S/C20H22ClNO5/c1-13(2)27-17-7-3-14(4-8-17)18(11-20(24)25)22-19(23)12-26-16-9-5-15(21)6-10-16/h3-10,13,18H,11-12H2,1-2H3,(H,22,23)(H,24,25). The Morgan fingerprint density at radius 3 is 2.19 bits per heavy atom. The molecule has 0 saturated carbocycles. The van der Waals surface area contributed by atoms with Crippen LogP contribution >= 0.6 is 11.6 Å². The summed E-state index contributed by atoms with van der Waals surface area (Å²) in [6.07, 6.45) is -0.202. The van der Waals surface area contributed by atoms with Crippen LogP contribution in [0.15, 0.2) is 48.5 Å². The first-order chi connectivity index (χ1) is 12.8. The fraction of sp³-hybridized carbons (Fsp3) is 0.300. The van der Waals surface area contributed by atoms with Gasteiger partial charge in [0.2, 0.25) is 0 Å². The molecule has 0 radical (unpaired) electrons. The van der Waals surface area contributed by atoms with E-state index in [0.29, 0.717) is 22.1 Å². The summed E-state index contributed by atoms with van der Waals surface area (Å²) in [6, 6.07) is 12.9. The van der Waals surface area contributed by atoms with Crippen molar-refractivity contribution in [2.24, 2.45) is 0 Å². The molecule has 0 spiro atoms. The number of carbonyl (C=O) groups is 2. The molecule has 144 valence electrons. The summed E-state index contributed by atoms with van der Waals surface area (Å²) >= 11 is 5.80. The van der Waals surface area contributed by atoms with E-state index in [9.17, 15) is 9.59 Å². The van der Waals surface area contributed by atoms with E-state index in [1.165, 1.54) is 0 Å². The van der Waals surface area contributed by atoms with E-state index in [-0.39, 0.29) is 19.1 Å². The minimum atomic E-state index is -1.01. The normalized spacial score (nSPS) is 11.7. The van der Waals surface area contributed by atoms with Crippen LogP contribution in [-0.4, -0.2) is 29.7 Å². The van der Waals surface area contributed by atoms with Crippen molar-refractivity contribution >= 4 is 23.5 Å². The number of carboxylic acids is 1. The number of hydrogen-bond donors (Lipinski definition) is 2. The molecule has 1 atom stereocenters. The average molecular weight is 392 g/mol. The number of nitrogens with one attached hydrogen (secondary N) is 1. The van der Waals surface area contributed by atoms with Crippen molar-refractivity contribution < 1.29 is 24.2 Å². The van der Waals surface area contributed by atoms with Crippen LogP contribution in [-0.2, 0) is 9.59 Å². The molecule has 27 heavy (non-hydrogen) atoms. The van der Waals surface area contributed by atoms with Gasteiger partial charge in [0.05, 0.1) is 18.6 Å². The van der Waals surface area contributed by atoms with E-state index in [4.69, 9.17) is 26.2 Å². The van der Waals surface area contributed by atoms with Crippen LogP contribution in [0.3, 0.4) is 0 Å². The van der Waals surface area contributed by atoms with Crippen LogP contribution < -0.4 is 14.8 Å². The van der Waals surface area contributed by atoms with Crippen molar-refractivity contribution in [2.75, 3.05) is 6.61 Å². The van der Waals surface area contributed by atoms with Gasteiger partial charge in [0.1, 0.15) is 11.5 Å². The lowest BCUT2D eigenvalue weighted by molar-refractivity contribution is -0.137. The number of amides is 1. The first kappa shape index (κ1) is 20.6. The third-order valence-electron chi connectivity index (χ3n) is 3.55. The highest BCUT2D eigenvalue weighted by molar-refractivity contribution is 6.30. The Morgan fingerprint density at radius 2 is 1.63 bits per heavy atom. The van der Waals surface area contributed by atoms with Crippen molar-refractivity contribution in [3.05, 3.63) is 59.1 Å². The molecule has 7 heteroatoms. The number of carbonyl (C=O) groups excluding carboxylic acids is 1. The summed E-state index contributed by atoms with van der Waals surface area (Å²) < 4.78 is 11.0. The first-order valence-electron chi connectivity index (χ1n) is 8.49. The largest absolute Gasteiger partial charge is 0.491 e. The molecule has 1 unspecified atom stereocenters. The molecule has 0 aliphatic heterocycles. The second-order valence-electron chi connectivity index (χ2n) is 6.20. The lowest BCUT2D eigenvalue weighted by atomic mass is 10.0. The number of hydrogen-bond acceptors (Lipinski definition) is 4. The predicted octanol–water partition coefficient (Wildman–Crippen LogP) is 3.84. The van der Waals surface area contributed by atoms with Gasteiger partial charge >= 0.3 is 5.97 Å². The van der Waals surface area contributed by atoms with Crippen molar-refractivity contribution in [2.45, 2.75) is 32.4 Å². The Bertz CT molecular complexity index is 759. The molecule has 0 saturated heterocycles. The van der Waals surface area contributed by atoms with Crippen molar-refractivity contribution in [3.63, 3.8) is 0 Å². The third-order valence-corrected chi connectivity index (χ3v) is 3.80. The molecule has 1 amide bonds. The van der Waals surface area contributed by atoms with Gasteiger partial charge in [-0.25, -0.2) is 0 Å². The Kier molecular flexibility index (Phi) is 7.49. The number of ether oxygens (including phenoxy) is 2. The summed E-state index contributed by atoms with van der Waals surface area (Å²) in [7, 11) is 0. The zero-order chi connectivity index (χ0) is 19.8. The second-order valence-corrected chi connectivity index (χ2v) is 6.63. The Morgan fingerprint density at radius 1 is 1.04 bits per heavy atom. The molecule has 0 aliphatic carbocycles. The summed E-state index contributed by atoms with van der Waals surface area (Å²) in [4.78, 5) is 23.3. The maximum Gasteiger partial charge on any atom is 0.305 e. The van der Waals surface area contributed by atoms with Crippen LogP contribution in [0.4, 0.5) is 0 Å². The van der Waals surface area contributed by atoms with Gasteiger partial charge in [-0.15, -0.1) is 0 Å². The summed E-state index contributed by atoms with van der Waals surface area (Å²) in [5.74, 6) is -0.250. The molecule has 0 fully saturated rings. The van der Waals surface area contributed by atoms with Gasteiger partial charge in [0, 0.05) is 5.02 Å². The molecule has 0 aromatic heterocycles. The topological polar surface area (TPSA) is 84.9 Å². The number of carboxylic acid groups (broad SMARTS) is 1. The molecule has 0 bridgehead atoms. The molecule has 2 N–H and O–H groups in total. The fourth-order valence-electron chi connectivity index (χ4n) is 2.39. The first-order valence-corrected chi connectivity index (χ1v) is 8.87. The van der Waals surface area contributed by atoms with Gasteiger partial charge in [0.15, 0.2) is 6.61 Å². The number of rotatable bonds is 9. The van der Waals surface area contributed by atoms with E-state index in [1.807, 2.05) is 13.8 Å². The van der Waals surface area contributed by atoms with E-state index >= 15 is 0 Å². The van der Waals surface area contributed by atoms with Crippen molar-refractivity contribution in [3.8, 4) is 11.5 Å². The molecule has 2 rings (SSSR count). The molecular weight excluding hydrogens is 370 g/mol. The van der Waals surface area contributed by atoms with E-state index in [1.54, 1.807) is 48.5 Å². The van der Waals surface area contributed by atoms with Crippen molar-refractivity contribution in [1.29, 1.82) is 0 Å². The zero-order valence-corrected chi connectivity index (χ0v) is 15.9. The lowest BCUT2D eigenvalue weighted by Crippen LogP contribution is -2.33. The maximum atomic E-state index is 12.2. The minimum Gasteiger partial charge on any atom is -0.491 e. The Hall–Kier alpha value is -2.73. The van der Waals surface area contributed by atoms with Crippen LogP contribution in [0.1, 0.15) is 31.9 Å². The van der Waals surface area contributed by atoms with Gasteiger partial charge in [-0.05, 0) is 55.8 Å². The molecule has 0 heterocycles. The monoisotopic (exact) mass is 391 g/mol. The molecule has 2 aromatic rings. The SMILES string of the molecule is CC(C)Oc1ccc(C(CC(=O)O)NC(=O)COc2ccc(Cl)cc2)cc1. The Labute approximate surface area is 163 Å². The van der Waals surface area contributed by atoms with E-state index < -0.39 is 17.9 Å². The van der Waals surface area contributed by atoms with E-state index in [0.717, 1.165) is 0 Å². The molecule has 6 nitrogen and oxygen atoms in total. The summed E-state index contributed by atoms with van der Waals surface area (Å²) in [5, 5.41) is 12.4. The second kappa shape index (κ2) is 9.83. The van der Waals surface area contributed by atoms with E-state index in [2.05, 4.69) is 5.32 Å². The highest BCUT2D eigenvalue weighted by atomic mass is 35.5. The zero-order valence-electron chi connectivity index (χ0n) is 15.1. The van der Waals surface area contributed by atoms with Crippen LogP contribution in [0.2, 0.25) is 5.02 Å². The molecule has 2 aromatic carbocycles. The highest BCUT2D eigenvalue weighted by Crippen LogP contribution is 2.21. The van der Waals surface area contributed by atoms with Crippen molar-refractivity contribution in [1.82, 2.24) is 5.32 Å². The fourth-order valence-corrected chi connectivity index (χ4v) is 2.52. The summed E-state index contributed by atoms with van der Waals surface area (Å²) in [6.45, 7) is 3.61. The van der Waals surface area contributed by atoms with Gasteiger partial charge < -0.3 is 19.9 Å². The van der Waals surface area contributed by atoms with Crippen LogP contribution in [0, 0.1) is 0 Å². The molecular formula is C20H22ClNO5.